The van der Waals surface area contributed by atoms with Crippen molar-refractivity contribution in [3.05, 3.63) is 71.8 Å². The molecule has 0 aliphatic carbocycles. The normalized spacial score (nSPS) is 16.9. The second-order valence-electron chi connectivity index (χ2n) is 7.91. The lowest BCUT2D eigenvalue weighted by molar-refractivity contribution is 0.0811. The Morgan fingerprint density at radius 3 is 2.74 bits per heavy atom. The van der Waals surface area contributed by atoms with E-state index in [1.807, 2.05) is 36.6 Å². The Morgan fingerprint density at radius 2 is 2.03 bits per heavy atom. The molecule has 1 aromatic heterocycles. The maximum Gasteiger partial charge on any atom is 0.167 e. The lowest BCUT2D eigenvalue weighted by Crippen LogP contribution is -2.38. The van der Waals surface area contributed by atoms with E-state index in [1.165, 1.54) is 16.8 Å². The van der Waals surface area contributed by atoms with Crippen molar-refractivity contribution in [3.63, 3.8) is 0 Å². The Labute approximate surface area is 187 Å². The molecule has 1 fully saturated rings. The number of ketones is 1. The van der Waals surface area contributed by atoms with Crippen molar-refractivity contribution in [3.8, 4) is 5.75 Å². The summed E-state index contributed by atoms with van der Waals surface area (Å²) in [7, 11) is 1.69. The number of ether oxygens (including phenoxy) is 1. The number of likely N-dealkylation sites (tertiary alicyclic amines) is 1. The van der Waals surface area contributed by atoms with Gasteiger partial charge in [0.15, 0.2) is 5.78 Å². The number of thioether (sulfide) groups is 1. The molecule has 162 valence electrons. The molecule has 3 aromatic rings. The van der Waals surface area contributed by atoms with Gasteiger partial charge in [0.05, 0.1) is 13.7 Å². The van der Waals surface area contributed by atoms with E-state index in [1.54, 1.807) is 29.9 Å². The molecule has 4 rings (SSSR count). The van der Waals surface area contributed by atoms with Gasteiger partial charge in [0, 0.05) is 35.0 Å². The Kier molecular flexibility index (Phi) is 7.04. The molecule has 1 aliphatic rings. The van der Waals surface area contributed by atoms with Crippen LogP contribution in [-0.4, -0.2) is 51.9 Å². The number of carbonyl (C=O) groups excluding carboxylic acids is 1. The quantitative estimate of drug-likeness (QED) is 0.391. The predicted molar refractivity (Wildman–Crippen MR) is 123 cm³/mol. The van der Waals surface area contributed by atoms with Crippen molar-refractivity contribution in [1.29, 1.82) is 0 Å². The molecule has 1 atom stereocenters. The van der Waals surface area contributed by atoms with Gasteiger partial charge in [-0.05, 0) is 55.5 Å². The first-order valence-corrected chi connectivity index (χ1v) is 11.8. The number of rotatable bonds is 8. The fourth-order valence-electron chi connectivity index (χ4n) is 4.21. The van der Waals surface area contributed by atoms with Crippen molar-refractivity contribution >= 4 is 17.5 Å². The molecule has 1 saturated heterocycles. The van der Waals surface area contributed by atoms with E-state index >= 15 is 0 Å². The van der Waals surface area contributed by atoms with Crippen LogP contribution in [0.4, 0.5) is 0 Å². The Bertz CT molecular complexity index is 1000. The van der Waals surface area contributed by atoms with Gasteiger partial charge in [-0.25, -0.2) is 9.67 Å². The van der Waals surface area contributed by atoms with Gasteiger partial charge in [0.2, 0.25) is 0 Å². The number of carbonyl (C=O) groups is 1. The van der Waals surface area contributed by atoms with Crippen molar-refractivity contribution in [2.75, 3.05) is 26.5 Å². The fourth-order valence-corrected chi connectivity index (χ4v) is 4.61. The van der Waals surface area contributed by atoms with Crippen LogP contribution >= 0.6 is 11.8 Å². The van der Waals surface area contributed by atoms with E-state index in [0.717, 1.165) is 49.4 Å². The van der Waals surface area contributed by atoms with Crippen molar-refractivity contribution < 1.29 is 9.53 Å². The minimum Gasteiger partial charge on any atom is -0.496 e. The third-order valence-electron chi connectivity index (χ3n) is 5.80. The smallest absolute Gasteiger partial charge is 0.167 e. The van der Waals surface area contributed by atoms with Crippen molar-refractivity contribution in [2.24, 2.45) is 5.92 Å². The number of hydrogen-bond acceptors (Lipinski definition) is 6. The zero-order chi connectivity index (χ0) is 21.6. The number of methoxy groups -OCH3 is 1. The summed E-state index contributed by atoms with van der Waals surface area (Å²) in [5.74, 6) is 1.17. The highest BCUT2D eigenvalue weighted by Crippen LogP contribution is 2.26. The first kappa shape index (κ1) is 21.6. The zero-order valence-electron chi connectivity index (χ0n) is 18.0. The van der Waals surface area contributed by atoms with E-state index < -0.39 is 0 Å². The number of aromatic nitrogens is 3. The highest BCUT2D eigenvalue weighted by Gasteiger charge is 2.26. The molecule has 7 heteroatoms. The number of benzene rings is 2. The summed E-state index contributed by atoms with van der Waals surface area (Å²) in [4.78, 5) is 20.6. The molecule has 0 bridgehead atoms. The van der Waals surface area contributed by atoms with Gasteiger partial charge in [0.25, 0.3) is 0 Å². The van der Waals surface area contributed by atoms with Crippen LogP contribution in [0.1, 0.15) is 34.3 Å². The molecule has 0 amide bonds. The largest absolute Gasteiger partial charge is 0.496 e. The summed E-state index contributed by atoms with van der Waals surface area (Å²) < 4.78 is 7.32. The van der Waals surface area contributed by atoms with Crippen LogP contribution in [0.15, 0.2) is 60.0 Å². The summed E-state index contributed by atoms with van der Waals surface area (Å²) in [6.07, 6.45) is 7.29. The zero-order valence-corrected chi connectivity index (χ0v) is 18.8. The van der Waals surface area contributed by atoms with Crippen LogP contribution in [0.5, 0.6) is 5.75 Å². The Balaban J connectivity index is 1.43. The van der Waals surface area contributed by atoms with Gasteiger partial charge in [-0.2, -0.15) is 5.10 Å². The SMILES string of the molecule is COc1ccc(CN2CCCC(C(=O)c3ccc(SC)cc3)C2)cc1Cn1cncn1. The van der Waals surface area contributed by atoms with Gasteiger partial charge in [-0.15, -0.1) is 11.8 Å². The van der Waals surface area contributed by atoms with Gasteiger partial charge >= 0.3 is 0 Å². The summed E-state index contributed by atoms with van der Waals surface area (Å²) in [6, 6.07) is 14.3. The summed E-state index contributed by atoms with van der Waals surface area (Å²) in [6.45, 7) is 3.25. The summed E-state index contributed by atoms with van der Waals surface area (Å²) in [5.41, 5.74) is 3.11. The van der Waals surface area contributed by atoms with Crippen molar-refractivity contribution in [2.45, 2.75) is 30.8 Å². The maximum atomic E-state index is 13.0. The summed E-state index contributed by atoms with van der Waals surface area (Å²) >= 11 is 1.69. The molecular formula is C24H28N4O2S. The fraction of sp³-hybridized carbons (Fsp3) is 0.375. The molecule has 1 unspecified atom stereocenters. The number of hydrogen-bond donors (Lipinski definition) is 0. The molecule has 0 saturated carbocycles. The topological polar surface area (TPSA) is 60.2 Å². The van der Waals surface area contributed by atoms with Crippen LogP contribution in [0.3, 0.4) is 0 Å². The van der Waals surface area contributed by atoms with Crippen LogP contribution in [-0.2, 0) is 13.1 Å². The molecule has 6 nitrogen and oxygen atoms in total. The second-order valence-corrected chi connectivity index (χ2v) is 8.79. The number of Topliss-reactive ketones (excluding diaryl/α,β-unsaturated/α-hetero) is 1. The molecule has 2 heterocycles. The van der Waals surface area contributed by atoms with E-state index in [9.17, 15) is 4.79 Å². The number of nitrogens with zero attached hydrogens (tertiary/aromatic N) is 4. The Morgan fingerprint density at radius 1 is 1.19 bits per heavy atom. The average Bonchev–Trinajstić information content (AvgIpc) is 3.32. The standard InChI is InChI=1S/C24H28N4O2S/c1-30-23-10-5-18(12-21(23)15-28-17-25-16-26-28)13-27-11-3-4-20(14-27)24(29)19-6-8-22(31-2)9-7-19/h5-10,12,16-17,20H,3-4,11,13-15H2,1-2H3. The molecule has 2 aromatic carbocycles. The molecule has 1 aliphatic heterocycles. The van der Waals surface area contributed by atoms with E-state index in [-0.39, 0.29) is 11.7 Å². The lowest BCUT2D eigenvalue weighted by atomic mass is 9.90. The molecule has 31 heavy (non-hydrogen) atoms. The van der Waals surface area contributed by atoms with E-state index in [0.29, 0.717) is 6.54 Å². The molecule has 0 N–H and O–H groups in total. The Hall–Kier alpha value is -2.64. The third kappa shape index (κ3) is 5.35. The number of piperidine rings is 1. The van der Waals surface area contributed by atoms with E-state index in [4.69, 9.17) is 4.74 Å². The first-order chi connectivity index (χ1) is 15.2. The minimum atomic E-state index is 0.0572. The van der Waals surface area contributed by atoms with Crippen LogP contribution in [0.2, 0.25) is 0 Å². The predicted octanol–water partition coefficient (Wildman–Crippen LogP) is 4.15. The average molecular weight is 437 g/mol. The van der Waals surface area contributed by atoms with Crippen LogP contribution in [0.25, 0.3) is 0 Å². The minimum absolute atomic E-state index is 0.0572. The van der Waals surface area contributed by atoms with Crippen LogP contribution in [0, 0.1) is 5.92 Å². The van der Waals surface area contributed by atoms with Crippen molar-refractivity contribution in [1.82, 2.24) is 19.7 Å². The van der Waals surface area contributed by atoms with Crippen LogP contribution < -0.4 is 4.74 Å². The molecular weight excluding hydrogens is 408 g/mol. The lowest BCUT2D eigenvalue weighted by Gasteiger charge is -2.32. The monoisotopic (exact) mass is 436 g/mol. The first-order valence-electron chi connectivity index (χ1n) is 10.5. The maximum absolute atomic E-state index is 13.0. The summed E-state index contributed by atoms with van der Waals surface area (Å²) in [5, 5.41) is 4.20. The second kappa shape index (κ2) is 10.1. The molecule has 0 spiro atoms. The van der Waals surface area contributed by atoms with Gasteiger partial charge in [-0.3, -0.25) is 9.69 Å². The van der Waals surface area contributed by atoms with Gasteiger partial charge in [-0.1, -0.05) is 18.2 Å². The molecule has 0 radical (unpaired) electrons. The van der Waals surface area contributed by atoms with Gasteiger partial charge < -0.3 is 4.74 Å². The third-order valence-corrected chi connectivity index (χ3v) is 6.54. The highest BCUT2D eigenvalue weighted by molar-refractivity contribution is 7.98. The van der Waals surface area contributed by atoms with Gasteiger partial charge in [0.1, 0.15) is 18.4 Å². The van der Waals surface area contributed by atoms with E-state index in [2.05, 4.69) is 27.1 Å². The highest BCUT2D eigenvalue weighted by atomic mass is 32.2.